The Bertz CT molecular complexity index is 1140. The van der Waals surface area contributed by atoms with Crippen LogP contribution in [-0.2, 0) is 12.4 Å². The molecule has 0 aliphatic heterocycles. The second-order valence-corrected chi connectivity index (χ2v) is 8.60. The van der Waals surface area contributed by atoms with E-state index in [1.165, 1.54) is 16.0 Å². The molecule has 0 atom stereocenters. The van der Waals surface area contributed by atoms with Crippen molar-refractivity contribution in [3.8, 4) is 5.75 Å². The van der Waals surface area contributed by atoms with Gasteiger partial charge in [-0.05, 0) is 66.6 Å². The molecule has 0 radical (unpaired) electrons. The van der Waals surface area contributed by atoms with Crippen LogP contribution >= 0.6 is 11.8 Å². The van der Waals surface area contributed by atoms with Crippen LogP contribution in [0.5, 0.6) is 5.75 Å². The Morgan fingerprint density at radius 1 is 0.781 bits per heavy atom. The molecule has 1 amide bonds. The van der Waals surface area contributed by atoms with Crippen molar-refractivity contribution in [1.82, 2.24) is 0 Å². The number of amides is 1. The number of carbonyl (C=O) groups is 1. The molecule has 0 fully saturated rings. The van der Waals surface area contributed by atoms with Gasteiger partial charge in [-0.25, -0.2) is 0 Å². The van der Waals surface area contributed by atoms with Crippen molar-refractivity contribution in [3.63, 3.8) is 0 Å². The topological polar surface area (TPSA) is 38.3 Å². The fraction of sp³-hybridized carbons (Fsp3) is 0.107. The largest absolute Gasteiger partial charge is 0.489 e. The predicted octanol–water partition coefficient (Wildman–Crippen LogP) is 7.12. The van der Waals surface area contributed by atoms with E-state index in [9.17, 15) is 4.79 Å². The second-order valence-electron chi connectivity index (χ2n) is 7.55. The van der Waals surface area contributed by atoms with Gasteiger partial charge in [-0.15, -0.1) is 11.8 Å². The molecule has 0 aromatic heterocycles. The van der Waals surface area contributed by atoms with Gasteiger partial charge in [0.05, 0.1) is 0 Å². The minimum Gasteiger partial charge on any atom is -0.489 e. The van der Waals surface area contributed by atoms with Gasteiger partial charge in [-0.2, -0.15) is 0 Å². The fourth-order valence-electron chi connectivity index (χ4n) is 3.13. The molecule has 4 aromatic rings. The summed E-state index contributed by atoms with van der Waals surface area (Å²) in [5, 5.41) is 2.94. The summed E-state index contributed by atoms with van der Waals surface area (Å²) in [6.45, 7) is 2.60. The average Bonchev–Trinajstić information content (AvgIpc) is 2.84. The van der Waals surface area contributed by atoms with Crippen LogP contribution in [0.3, 0.4) is 0 Å². The summed E-state index contributed by atoms with van der Waals surface area (Å²) in [5.41, 5.74) is 4.94. The molecule has 4 heteroatoms. The van der Waals surface area contributed by atoms with Gasteiger partial charge in [0.1, 0.15) is 12.4 Å². The molecule has 1 N–H and O–H groups in total. The number of benzene rings is 4. The quantitative estimate of drug-likeness (QED) is 0.297. The minimum atomic E-state index is -0.124. The van der Waals surface area contributed by atoms with E-state index in [2.05, 4.69) is 36.5 Å². The predicted molar refractivity (Wildman–Crippen MR) is 132 cm³/mol. The van der Waals surface area contributed by atoms with E-state index in [4.69, 9.17) is 4.74 Å². The van der Waals surface area contributed by atoms with E-state index in [-0.39, 0.29) is 5.91 Å². The zero-order valence-corrected chi connectivity index (χ0v) is 18.8. The summed E-state index contributed by atoms with van der Waals surface area (Å²) in [5.74, 6) is 1.51. The molecule has 4 rings (SSSR count). The van der Waals surface area contributed by atoms with Gasteiger partial charge in [-0.1, -0.05) is 60.2 Å². The zero-order chi connectivity index (χ0) is 22.2. The van der Waals surface area contributed by atoms with Gasteiger partial charge in [-0.3, -0.25) is 4.79 Å². The van der Waals surface area contributed by atoms with Crippen LogP contribution in [0.25, 0.3) is 0 Å². The monoisotopic (exact) mass is 439 g/mol. The van der Waals surface area contributed by atoms with Gasteiger partial charge < -0.3 is 10.1 Å². The van der Waals surface area contributed by atoms with Crippen LogP contribution in [0.15, 0.2) is 108 Å². The lowest BCUT2D eigenvalue weighted by Gasteiger charge is -2.09. The van der Waals surface area contributed by atoms with Crippen molar-refractivity contribution < 1.29 is 9.53 Å². The van der Waals surface area contributed by atoms with Crippen LogP contribution in [0.4, 0.5) is 5.69 Å². The second kappa shape index (κ2) is 10.7. The number of rotatable bonds is 8. The molecule has 0 aliphatic carbocycles. The van der Waals surface area contributed by atoms with Crippen molar-refractivity contribution in [2.24, 2.45) is 0 Å². The van der Waals surface area contributed by atoms with Gasteiger partial charge in [0.25, 0.3) is 5.91 Å². The Morgan fingerprint density at radius 2 is 1.47 bits per heavy atom. The van der Waals surface area contributed by atoms with E-state index in [0.717, 1.165) is 22.8 Å². The molecule has 0 saturated heterocycles. The summed E-state index contributed by atoms with van der Waals surface area (Å²) in [4.78, 5) is 13.8. The standard InChI is InChI=1S/C28H25NO2S/c1-21-7-17-27(18-8-21)32-20-23-9-11-24(12-10-23)28(30)29-25-13-15-26(16-14-25)31-19-22-5-3-2-4-6-22/h2-18H,19-20H2,1H3,(H,29,30). The van der Waals surface area contributed by atoms with Crippen LogP contribution < -0.4 is 10.1 Å². The first-order valence-corrected chi connectivity index (χ1v) is 11.5. The first-order chi connectivity index (χ1) is 15.7. The van der Waals surface area contributed by atoms with E-state index in [0.29, 0.717) is 12.2 Å². The third kappa shape index (κ3) is 6.25. The van der Waals surface area contributed by atoms with Crippen LogP contribution in [0.1, 0.15) is 27.0 Å². The molecular formula is C28H25NO2S. The average molecular weight is 440 g/mol. The number of hydrogen-bond donors (Lipinski definition) is 1. The Labute approximate surface area is 193 Å². The molecule has 0 bridgehead atoms. The molecule has 0 saturated carbocycles. The van der Waals surface area contributed by atoms with Crippen LogP contribution in [0.2, 0.25) is 0 Å². The molecule has 3 nitrogen and oxygen atoms in total. The van der Waals surface area contributed by atoms with Crippen molar-refractivity contribution in [3.05, 3.63) is 125 Å². The minimum absolute atomic E-state index is 0.124. The number of nitrogens with one attached hydrogen (secondary N) is 1. The smallest absolute Gasteiger partial charge is 0.255 e. The molecule has 4 aromatic carbocycles. The highest BCUT2D eigenvalue weighted by atomic mass is 32.2. The van der Waals surface area contributed by atoms with E-state index < -0.39 is 0 Å². The highest BCUT2D eigenvalue weighted by molar-refractivity contribution is 7.98. The lowest BCUT2D eigenvalue weighted by molar-refractivity contribution is 0.102. The molecule has 0 spiro atoms. The molecule has 0 heterocycles. The molecular weight excluding hydrogens is 414 g/mol. The molecule has 160 valence electrons. The molecule has 0 aliphatic rings. The number of aryl methyl sites for hydroxylation is 1. The summed E-state index contributed by atoms with van der Waals surface area (Å²) in [6.07, 6.45) is 0. The number of carbonyl (C=O) groups excluding carboxylic acids is 1. The summed E-state index contributed by atoms with van der Waals surface area (Å²) < 4.78 is 5.80. The van der Waals surface area contributed by atoms with Crippen molar-refractivity contribution in [1.29, 1.82) is 0 Å². The van der Waals surface area contributed by atoms with Crippen molar-refractivity contribution in [2.45, 2.75) is 24.2 Å². The van der Waals surface area contributed by atoms with Gasteiger partial charge in [0, 0.05) is 21.9 Å². The van der Waals surface area contributed by atoms with E-state index in [1.807, 2.05) is 78.9 Å². The third-order valence-electron chi connectivity index (χ3n) is 5.00. The third-order valence-corrected chi connectivity index (χ3v) is 6.09. The first kappa shape index (κ1) is 21.7. The van der Waals surface area contributed by atoms with Gasteiger partial charge >= 0.3 is 0 Å². The SMILES string of the molecule is Cc1ccc(SCc2ccc(C(=O)Nc3ccc(OCc4ccccc4)cc3)cc2)cc1. The zero-order valence-electron chi connectivity index (χ0n) is 18.0. The van der Waals surface area contributed by atoms with E-state index >= 15 is 0 Å². The summed E-state index contributed by atoms with van der Waals surface area (Å²) >= 11 is 1.79. The number of thioether (sulfide) groups is 1. The summed E-state index contributed by atoms with van der Waals surface area (Å²) in [7, 11) is 0. The molecule has 32 heavy (non-hydrogen) atoms. The Hall–Kier alpha value is -3.50. The lowest BCUT2D eigenvalue weighted by atomic mass is 10.1. The lowest BCUT2D eigenvalue weighted by Crippen LogP contribution is -2.11. The van der Waals surface area contributed by atoms with Crippen LogP contribution in [-0.4, -0.2) is 5.91 Å². The van der Waals surface area contributed by atoms with E-state index in [1.54, 1.807) is 11.8 Å². The highest BCUT2D eigenvalue weighted by Crippen LogP contribution is 2.23. The Morgan fingerprint density at radius 3 is 2.16 bits per heavy atom. The Kier molecular flexibility index (Phi) is 7.26. The van der Waals surface area contributed by atoms with Gasteiger partial charge in [0.2, 0.25) is 0 Å². The maximum atomic E-state index is 12.6. The summed E-state index contributed by atoms with van der Waals surface area (Å²) in [6, 6.07) is 33.8. The highest BCUT2D eigenvalue weighted by Gasteiger charge is 2.07. The number of ether oxygens (including phenoxy) is 1. The first-order valence-electron chi connectivity index (χ1n) is 10.5. The number of anilines is 1. The normalized spacial score (nSPS) is 10.5. The van der Waals surface area contributed by atoms with Crippen LogP contribution in [0, 0.1) is 6.92 Å². The van der Waals surface area contributed by atoms with Crippen molar-refractivity contribution in [2.75, 3.05) is 5.32 Å². The maximum absolute atomic E-state index is 12.6. The van der Waals surface area contributed by atoms with Crippen molar-refractivity contribution >= 4 is 23.4 Å². The molecule has 0 unspecified atom stereocenters. The fourth-order valence-corrected chi connectivity index (χ4v) is 3.99. The Balaban J connectivity index is 1.28. The number of hydrogen-bond acceptors (Lipinski definition) is 3. The van der Waals surface area contributed by atoms with Gasteiger partial charge in [0.15, 0.2) is 0 Å². The maximum Gasteiger partial charge on any atom is 0.255 e.